The van der Waals surface area contributed by atoms with E-state index in [1.54, 1.807) is 0 Å². The quantitative estimate of drug-likeness (QED) is 0.765. The van der Waals surface area contributed by atoms with Gasteiger partial charge in [-0.15, -0.1) is 16.7 Å². The zero-order valence-corrected chi connectivity index (χ0v) is 9.38. The second-order valence-corrected chi connectivity index (χ2v) is 4.26. The van der Waals surface area contributed by atoms with E-state index in [0.717, 1.165) is 12.2 Å². The van der Waals surface area contributed by atoms with Crippen molar-refractivity contribution in [2.75, 3.05) is 0 Å². The summed E-state index contributed by atoms with van der Waals surface area (Å²) >= 11 is 5.78. The Morgan fingerprint density at radius 3 is 2.88 bits per heavy atom. The highest BCUT2D eigenvalue weighted by atomic mass is 35.5. The Labute approximate surface area is 98.2 Å². The average molecular weight is 235 g/mol. The van der Waals surface area contributed by atoms with E-state index >= 15 is 0 Å². The van der Waals surface area contributed by atoms with Crippen molar-refractivity contribution in [2.24, 2.45) is 0 Å². The Morgan fingerprint density at radius 1 is 1.31 bits per heavy atom. The predicted molar refractivity (Wildman–Crippen MR) is 60.2 cm³/mol. The fourth-order valence-corrected chi connectivity index (χ4v) is 2.24. The van der Waals surface area contributed by atoms with Crippen LogP contribution in [0, 0.1) is 0 Å². The minimum atomic E-state index is 0.366. The van der Waals surface area contributed by atoms with Gasteiger partial charge in [0.2, 0.25) is 0 Å². The second-order valence-electron chi connectivity index (χ2n) is 3.99. The van der Waals surface area contributed by atoms with Gasteiger partial charge < -0.3 is 0 Å². The van der Waals surface area contributed by atoms with E-state index in [-0.39, 0.29) is 0 Å². The van der Waals surface area contributed by atoms with E-state index < -0.39 is 0 Å². The summed E-state index contributed by atoms with van der Waals surface area (Å²) in [5, 5.41) is 11.6. The molecule has 2 unspecified atom stereocenters. The number of rotatable bonds is 3. The summed E-state index contributed by atoms with van der Waals surface area (Å²) in [6.45, 7) is 0. The molecular formula is C11H11ClN4. The number of nitrogens with zero attached hydrogens (tertiary/aromatic N) is 4. The van der Waals surface area contributed by atoms with Crippen LogP contribution in [0.25, 0.3) is 0 Å². The lowest BCUT2D eigenvalue weighted by Crippen LogP contribution is -2.03. The van der Waals surface area contributed by atoms with Crippen LogP contribution in [0.3, 0.4) is 0 Å². The van der Waals surface area contributed by atoms with Gasteiger partial charge in [-0.2, -0.15) is 0 Å². The maximum absolute atomic E-state index is 5.78. The summed E-state index contributed by atoms with van der Waals surface area (Å²) in [4.78, 5) is 0. The van der Waals surface area contributed by atoms with Crippen LogP contribution in [-0.4, -0.2) is 20.2 Å². The topological polar surface area (TPSA) is 43.6 Å². The normalized spacial score (nSPS) is 23.3. The Bertz CT molecular complexity index is 482. The van der Waals surface area contributed by atoms with Crippen LogP contribution in [0.1, 0.15) is 29.8 Å². The highest BCUT2D eigenvalue weighted by molar-refractivity contribution is 6.16. The lowest BCUT2D eigenvalue weighted by Gasteiger charge is -2.01. The van der Waals surface area contributed by atoms with Gasteiger partial charge in [0.15, 0.2) is 5.82 Å². The summed E-state index contributed by atoms with van der Waals surface area (Å²) in [7, 11) is 0. The molecule has 0 radical (unpaired) electrons. The monoisotopic (exact) mass is 234 g/mol. The molecule has 0 bridgehead atoms. The molecule has 4 nitrogen and oxygen atoms in total. The first kappa shape index (κ1) is 9.78. The highest BCUT2D eigenvalue weighted by Crippen LogP contribution is 2.51. The maximum Gasteiger partial charge on any atom is 0.166 e. The zero-order chi connectivity index (χ0) is 11.0. The Kier molecular flexibility index (Phi) is 2.36. The molecule has 1 aromatic carbocycles. The van der Waals surface area contributed by atoms with Crippen LogP contribution >= 0.6 is 11.6 Å². The number of benzene rings is 1. The number of alkyl halides is 1. The van der Waals surface area contributed by atoms with Gasteiger partial charge in [-0.1, -0.05) is 30.3 Å². The summed E-state index contributed by atoms with van der Waals surface area (Å²) < 4.78 is 1.85. The van der Waals surface area contributed by atoms with Crippen molar-refractivity contribution in [1.29, 1.82) is 0 Å². The molecule has 0 aliphatic heterocycles. The third-order valence-corrected chi connectivity index (χ3v) is 3.22. The minimum absolute atomic E-state index is 0.366. The molecule has 2 atom stereocenters. The zero-order valence-electron chi connectivity index (χ0n) is 8.62. The lowest BCUT2D eigenvalue weighted by atomic mass is 10.1. The van der Waals surface area contributed by atoms with Gasteiger partial charge in [-0.05, 0) is 22.4 Å². The van der Waals surface area contributed by atoms with Gasteiger partial charge in [0, 0.05) is 5.92 Å². The largest absolute Gasteiger partial charge is 0.225 e. The highest BCUT2D eigenvalue weighted by Gasteiger charge is 2.41. The summed E-state index contributed by atoms with van der Waals surface area (Å²) in [5.74, 6) is 1.65. The third-order valence-electron chi connectivity index (χ3n) is 2.98. The molecule has 0 spiro atoms. The molecule has 1 heterocycles. The Hall–Kier alpha value is -1.42. The van der Waals surface area contributed by atoms with E-state index in [1.807, 2.05) is 10.7 Å². The van der Waals surface area contributed by atoms with Gasteiger partial charge in [0.05, 0.1) is 11.9 Å². The van der Waals surface area contributed by atoms with Crippen LogP contribution < -0.4 is 0 Å². The molecule has 0 N–H and O–H groups in total. The van der Waals surface area contributed by atoms with Crippen LogP contribution in [0.2, 0.25) is 0 Å². The Balaban J connectivity index is 1.82. The van der Waals surface area contributed by atoms with E-state index in [0.29, 0.717) is 17.8 Å². The van der Waals surface area contributed by atoms with Crippen molar-refractivity contribution in [3.8, 4) is 0 Å². The minimum Gasteiger partial charge on any atom is -0.225 e. The first-order chi connectivity index (χ1) is 7.90. The summed E-state index contributed by atoms with van der Waals surface area (Å²) in [6, 6.07) is 10.8. The first-order valence-corrected chi connectivity index (χ1v) is 5.81. The van der Waals surface area contributed by atoms with Gasteiger partial charge in [-0.25, -0.2) is 4.68 Å². The van der Waals surface area contributed by atoms with Crippen molar-refractivity contribution in [3.63, 3.8) is 0 Å². The molecule has 5 heteroatoms. The molecule has 82 valence electrons. The number of hydrogen-bond donors (Lipinski definition) is 0. The molecule has 0 saturated heterocycles. The number of aromatic nitrogens is 4. The maximum atomic E-state index is 5.78. The van der Waals surface area contributed by atoms with E-state index in [2.05, 4.69) is 39.8 Å². The van der Waals surface area contributed by atoms with Crippen molar-refractivity contribution in [3.05, 3.63) is 41.7 Å². The average Bonchev–Trinajstić information content (AvgIpc) is 3.00. The molecule has 1 aliphatic carbocycles. The van der Waals surface area contributed by atoms with Crippen molar-refractivity contribution in [1.82, 2.24) is 20.2 Å². The summed E-state index contributed by atoms with van der Waals surface area (Å²) in [5.41, 5.74) is 1.35. The molecule has 1 fully saturated rings. The summed E-state index contributed by atoms with van der Waals surface area (Å²) in [6.07, 6.45) is 1.10. The fourth-order valence-electron chi connectivity index (χ4n) is 2.07. The van der Waals surface area contributed by atoms with Crippen molar-refractivity contribution < 1.29 is 0 Å². The van der Waals surface area contributed by atoms with E-state index in [1.165, 1.54) is 5.56 Å². The van der Waals surface area contributed by atoms with Gasteiger partial charge >= 0.3 is 0 Å². The second kappa shape index (κ2) is 3.87. The first-order valence-electron chi connectivity index (χ1n) is 5.28. The predicted octanol–water partition coefficient (Wildman–Crippen LogP) is 2.14. The van der Waals surface area contributed by atoms with E-state index in [4.69, 9.17) is 11.6 Å². The molecule has 2 aromatic rings. The van der Waals surface area contributed by atoms with Gasteiger partial charge in [0.1, 0.15) is 0 Å². The standard InChI is InChI=1S/C11H11ClN4/c12-7-11-13-14-15-16(11)10-6-9(10)8-4-2-1-3-5-8/h1-5,9-10H,6-7H2. The number of hydrogen-bond acceptors (Lipinski definition) is 3. The molecule has 3 rings (SSSR count). The van der Waals surface area contributed by atoms with Gasteiger partial charge in [-0.3, -0.25) is 0 Å². The van der Waals surface area contributed by atoms with E-state index in [9.17, 15) is 0 Å². The number of halogens is 1. The molecular weight excluding hydrogens is 224 g/mol. The van der Waals surface area contributed by atoms with Crippen LogP contribution in [0.4, 0.5) is 0 Å². The van der Waals surface area contributed by atoms with Gasteiger partial charge in [0.25, 0.3) is 0 Å². The molecule has 1 saturated carbocycles. The van der Waals surface area contributed by atoms with Crippen molar-refractivity contribution >= 4 is 11.6 Å². The molecule has 1 aliphatic rings. The lowest BCUT2D eigenvalue weighted by molar-refractivity contribution is 0.580. The smallest absolute Gasteiger partial charge is 0.166 e. The van der Waals surface area contributed by atoms with Crippen LogP contribution in [0.5, 0.6) is 0 Å². The van der Waals surface area contributed by atoms with Crippen molar-refractivity contribution in [2.45, 2.75) is 24.3 Å². The Morgan fingerprint density at radius 2 is 2.12 bits per heavy atom. The third kappa shape index (κ3) is 1.59. The van der Waals surface area contributed by atoms with Crippen LogP contribution in [-0.2, 0) is 5.88 Å². The van der Waals surface area contributed by atoms with Crippen LogP contribution in [0.15, 0.2) is 30.3 Å². The fraction of sp³-hybridized carbons (Fsp3) is 0.364. The molecule has 1 aromatic heterocycles. The molecule has 0 amide bonds. The molecule has 16 heavy (non-hydrogen) atoms. The number of tetrazole rings is 1. The SMILES string of the molecule is ClCc1nnnn1C1CC1c1ccccc1.